The van der Waals surface area contributed by atoms with Gasteiger partial charge in [-0.3, -0.25) is 4.79 Å². The predicted molar refractivity (Wildman–Crippen MR) is 216 cm³/mol. The summed E-state index contributed by atoms with van der Waals surface area (Å²) in [5.41, 5.74) is 17.8. The molecule has 2 atom stereocenters. The normalized spacial score (nSPS) is 14.7. The first-order valence-corrected chi connectivity index (χ1v) is 18.5. The smallest absolute Gasteiger partial charge is 0.338 e. The van der Waals surface area contributed by atoms with E-state index in [4.69, 9.17) is 65.8 Å². The standard InChI is InChI=1S/C19H21ClN4O3.C15H17ClN4O2.C4H5ClO.CH4/c1-10-11(2)22-19(20)23-17(10)26-12(3)13-4-6-14(7-5-13)16(21)24-27-18(25)15-8-9-15;1-8-9(2)18-15(16)19-14(8)22-10(3)11-4-6-12(7-5-11)13(17)20-21;5-4(6)3-1-2-3;/h4-7,12,15H,8-9H2,1-3H3,(H2,21,24);4-7,10,21H,1-3H3,(H2,17,20);3H,1-2H2;1H4/t12-;10-;;/m00../s1. The highest BCUT2D eigenvalue weighted by molar-refractivity contribution is 6.64. The van der Waals surface area contributed by atoms with Crippen LogP contribution in [0.2, 0.25) is 10.6 Å². The summed E-state index contributed by atoms with van der Waals surface area (Å²) in [5, 5.41) is 15.5. The number of hydrogen-bond acceptors (Lipinski definition) is 12. The van der Waals surface area contributed by atoms with Gasteiger partial charge in [-0.1, -0.05) is 66.3 Å². The molecule has 0 aliphatic heterocycles. The van der Waals surface area contributed by atoms with E-state index in [1.807, 2.05) is 65.8 Å². The highest BCUT2D eigenvalue weighted by Crippen LogP contribution is 2.31. The average Bonchev–Trinajstić information content (AvgIpc) is 4.09. The second-order valence-electron chi connectivity index (χ2n) is 13.0. The van der Waals surface area contributed by atoms with Crippen LogP contribution >= 0.6 is 34.8 Å². The summed E-state index contributed by atoms with van der Waals surface area (Å²) in [4.78, 5) is 42.8. The first kappa shape index (κ1) is 45.3. The van der Waals surface area contributed by atoms with Gasteiger partial charge in [0.2, 0.25) is 27.6 Å². The Balaban J connectivity index is 0.000000260. The van der Waals surface area contributed by atoms with Crippen LogP contribution in [-0.4, -0.2) is 48.0 Å². The molecule has 2 aliphatic carbocycles. The van der Waals surface area contributed by atoms with Gasteiger partial charge in [0.1, 0.15) is 12.2 Å². The molecular formula is C39H47Cl3N8O6. The van der Waals surface area contributed by atoms with Crippen molar-refractivity contribution in [2.24, 2.45) is 33.6 Å². The molecule has 0 amide bonds. The number of carbonyl (C=O) groups excluding carboxylic acids is 2. The topological polar surface area (TPSA) is 210 Å². The van der Waals surface area contributed by atoms with Gasteiger partial charge in [0, 0.05) is 39.6 Å². The largest absolute Gasteiger partial charge is 0.469 e. The van der Waals surface area contributed by atoms with Gasteiger partial charge in [0.05, 0.1) is 5.92 Å². The Morgan fingerprint density at radius 1 is 0.714 bits per heavy atom. The highest BCUT2D eigenvalue weighted by Gasteiger charge is 2.32. The Hall–Kier alpha value is -5.05. The highest BCUT2D eigenvalue weighted by atomic mass is 35.5. The molecule has 0 unspecified atom stereocenters. The van der Waals surface area contributed by atoms with E-state index >= 15 is 0 Å². The van der Waals surface area contributed by atoms with Crippen molar-refractivity contribution in [1.29, 1.82) is 0 Å². The van der Waals surface area contributed by atoms with Crippen LogP contribution in [-0.2, 0) is 14.4 Å². The zero-order valence-corrected chi connectivity index (χ0v) is 33.5. The van der Waals surface area contributed by atoms with E-state index in [9.17, 15) is 9.59 Å². The van der Waals surface area contributed by atoms with Crippen molar-refractivity contribution >= 4 is 57.7 Å². The van der Waals surface area contributed by atoms with E-state index in [0.717, 1.165) is 59.3 Å². The third kappa shape index (κ3) is 13.3. The van der Waals surface area contributed by atoms with Gasteiger partial charge in [0.15, 0.2) is 11.7 Å². The number of amidine groups is 2. The van der Waals surface area contributed by atoms with Crippen molar-refractivity contribution in [3.8, 4) is 11.8 Å². The van der Waals surface area contributed by atoms with Crippen molar-refractivity contribution in [2.75, 3.05) is 0 Å². The predicted octanol–water partition coefficient (Wildman–Crippen LogP) is 8.24. The van der Waals surface area contributed by atoms with Gasteiger partial charge in [-0.15, -0.1) is 0 Å². The maximum Gasteiger partial charge on any atom is 0.338 e. The first-order valence-electron chi connectivity index (χ1n) is 17.3. The Morgan fingerprint density at radius 3 is 1.45 bits per heavy atom. The lowest BCUT2D eigenvalue weighted by molar-refractivity contribution is -0.145. The molecule has 56 heavy (non-hydrogen) atoms. The van der Waals surface area contributed by atoms with Crippen LogP contribution in [0, 0.1) is 39.5 Å². The van der Waals surface area contributed by atoms with Crippen molar-refractivity contribution in [3.63, 3.8) is 0 Å². The average molecular weight is 830 g/mol. The zero-order chi connectivity index (χ0) is 40.4. The summed E-state index contributed by atoms with van der Waals surface area (Å²) in [6.07, 6.45) is 3.26. The molecule has 2 aromatic carbocycles. The Morgan fingerprint density at radius 2 is 1.11 bits per heavy atom. The van der Waals surface area contributed by atoms with E-state index in [1.54, 1.807) is 24.3 Å². The van der Waals surface area contributed by atoms with E-state index in [1.165, 1.54) is 0 Å². The lowest BCUT2D eigenvalue weighted by Crippen LogP contribution is -2.16. The number of nitrogens with zero attached hydrogens (tertiary/aromatic N) is 6. The molecule has 2 saturated carbocycles. The summed E-state index contributed by atoms with van der Waals surface area (Å²) >= 11 is 16.8. The fraction of sp³-hybridized carbons (Fsp3) is 0.385. The summed E-state index contributed by atoms with van der Waals surface area (Å²) in [5.74, 6) is 1.01. The second kappa shape index (κ2) is 20.7. The molecular weight excluding hydrogens is 783 g/mol. The third-order valence-electron chi connectivity index (χ3n) is 8.71. The van der Waals surface area contributed by atoms with Gasteiger partial charge in [0.25, 0.3) is 0 Å². The van der Waals surface area contributed by atoms with Crippen LogP contribution in [0.25, 0.3) is 0 Å². The fourth-order valence-electron chi connectivity index (χ4n) is 4.60. The summed E-state index contributed by atoms with van der Waals surface area (Å²) in [6, 6.07) is 14.6. The number of oxime groups is 2. The molecule has 300 valence electrons. The Labute approximate surface area is 341 Å². The molecule has 0 radical (unpaired) electrons. The lowest BCUT2D eigenvalue weighted by Gasteiger charge is -2.17. The van der Waals surface area contributed by atoms with Gasteiger partial charge in [-0.2, -0.15) is 9.97 Å². The molecule has 14 nitrogen and oxygen atoms in total. The lowest BCUT2D eigenvalue weighted by atomic mass is 10.1. The van der Waals surface area contributed by atoms with Crippen LogP contribution in [0.15, 0.2) is 58.8 Å². The van der Waals surface area contributed by atoms with E-state index in [-0.39, 0.29) is 64.9 Å². The van der Waals surface area contributed by atoms with Crippen LogP contribution in [0.3, 0.4) is 0 Å². The van der Waals surface area contributed by atoms with Crippen molar-refractivity contribution in [3.05, 3.63) is 104 Å². The van der Waals surface area contributed by atoms with Gasteiger partial charge < -0.3 is 31.0 Å². The minimum Gasteiger partial charge on any atom is -0.469 e. The number of hydrogen-bond donors (Lipinski definition) is 3. The van der Waals surface area contributed by atoms with Crippen LogP contribution in [0.4, 0.5) is 0 Å². The molecule has 5 N–H and O–H groups in total. The molecule has 17 heteroatoms. The minimum absolute atomic E-state index is 0. The number of ether oxygens (including phenoxy) is 2. The quantitative estimate of drug-likeness (QED) is 0.0248. The molecule has 6 rings (SSSR count). The minimum atomic E-state index is -0.328. The number of aromatic nitrogens is 4. The zero-order valence-electron chi connectivity index (χ0n) is 31.2. The summed E-state index contributed by atoms with van der Waals surface area (Å²) in [7, 11) is 0. The van der Waals surface area contributed by atoms with Crippen LogP contribution in [0.5, 0.6) is 11.8 Å². The van der Waals surface area contributed by atoms with Crippen molar-refractivity contribution < 1.29 is 29.1 Å². The maximum absolute atomic E-state index is 11.5. The Kier molecular flexibility index (Phi) is 16.8. The monoisotopic (exact) mass is 828 g/mol. The Bertz CT molecular complexity index is 2040. The van der Waals surface area contributed by atoms with Gasteiger partial charge in [-0.25, -0.2) is 14.8 Å². The number of benzene rings is 2. The van der Waals surface area contributed by atoms with E-state index in [0.29, 0.717) is 22.9 Å². The molecule has 2 fully saturated rings. The number of nitrogens with two attached hydrogens (primary N) is 2. The molecule has 0 bridgehead atoms. The second-order valence-corrected chi connectivity index (χ2v) is 14.1. The number of carbonyl (C=O) groups is 2. The number of halogens is 3. The van der Waals surface area contributed by atoms with Gasteiger partial charge >= 0.3 is 5.97 Å². The van der Waals surface area contributed by atoms with E-state index < -0.39 is 0 Å². The first-order chi connectivity index (χ1) is 26.1. The van der Waals surface area contributed by atoms with Crippen molar-refractivity contribution in [1.82, 2.24) is 19.9 Å². The summed E-state index contributed by atoms with van der Waals surface area (Å²) in [6.45, 7) is 11.3. The van der Waals surface area contributed by atoms with Gasteiger partial charge in [-0.05, 0) is 113 Å². The summed E-state index contributed by atoms with van der Waals surface area (Å²) < 4.78 is 11.8. The molecule has 2 aliphatic rings. The number of aryl methyl sites for hydroxylation is 2. The molecule has 0 saturated heterocycles. The van der Waals surface area contributed by atoms with E-state index in [2.05, 4.69) is 30.2 Å². The number of rotatable bonds is 11. The fourth-order valence-corrected chi connectivity index (χ4v) is 5.22. The SMILES string of the molecule is C.Cc1nc(Cl)nc(O[C@@H](C)c2ccc(/C(N)=N/O)cc2)c1C.Cc1nc(Cl)nc(O[C@@H](C)c2ccc(/C(N)=N/OC(=O)C3CC3)cc2)c1C.O=C(Cl)C1CC1. The molecule has 4 aromatic rings. The van der Waals surface area contributed by atoms with Crippen LogP contribution < -0.4 is 20.9 Å². The van der Waals surface area contributed by atoms with Crippen LogP contribution in [0.1, 0.15) is 104 Å². The molecule has 2 heterocycles. The third-order valence-corrected chi connectivity index (χ3v) is 9.36. The molecule has 2 aromatic heterocycles. The maximum atomic E-state index is 11.5. The molecule has 0 spiro atoms. The van der Waals surface area contributed by atoms with Crippen molar-refractivity contribution in [2.45, 2.75) is 86.9 Å².